The van der Waals surface area contributed by atoms with Gasteiger partial charge in [-0.25, -0.2) is 4.79 Å². The first-order chi connectivity index (χ1) is 7.95. The van der Waals surface area contributed by atoms with Crippen LogP contribution in [0, 0.1) is 6.92 Å². The number of aryl methyl sites for hydroxylation is 1. The van der Waals surface area contributed by atoms with Gasteiger partial charge in [0.25, 0.3) is 0 Å². The second kappa shape index (κ2) is 5.52. The summed E-state index contributed by atoms with van der Waals surface area (Å²) in [5.41, 5.74) is 0.149. The van der Waals surface area contributed by atoms with Crippen molar-refractivity contribution in [3.63, 3.8) is 0 Å². The van der Waals surface area contributed by atoms with Crippen LogP contribution in [0.15, 0.2) is 10.5 Å². The Morgan fingerprint density at radius 3 is 2.59 bits per heavy atom. The largest absolute Gasteiger partial charge is 0.478 e. The summed E-state index contributed by atoms with van der Waals surface area (Å²) in [6, 6.07) is 1.47. The van der Waals surface area contributed by atoms with Crippen molar-refractivity contribution in [1.29, 1.82) is 0 Å². The van der Waals surface area contributed by atoms with E-state index in [0.717, 1.165) is 6.42 Å². The van der Waals surface area contributed by atoms with Crippen molar-refractivity contribution < 1.29 is 19.1 Å². The number of nitrogens with zero attached hydrogens (tertiary/aromatic N) is 1. The number of furan rings is 1. The fourth-order valence-electron chi connectivity index (χ4n) is 1.56. The molecule has 0 spiro atoms. The molecule has 0 saturated heterocycles. The maximum atomic E-state index is 11.5. The molecule has 1 heterocycles. The highest BCUT2D eigenvalue weighted by molar-refractivity contribution is 5.88. The molecule has 17 heavy (non-hydrogen) atoms. The molecular weight excluding hydrogens is 222 g/mol. The second-order valence-electron chi connectivity index (χ2n) is 3.99. The lowest BCUT2D eigenvalue weighted by Gasteiger charge is -2.14. The summed E-state index contributed by atoms with van der Waals surface area (Å²) < 4.78 is 5.30. The molecule has 0 radical (unpaired) electrons. The minimum absolute atomic E-state index is 0.0263. The topological polar surface area (TPSA) is 70.8 Å². The molecule has 5 nitrogen and oxygen atoms in total. The minimum atomic E-state index is -1.01. The number of amides is 1. The number of carboxylic acid groups (broad SMARTS) is 1. The van der Waals surface area contributed by atoms with Gasteiger partial charge in [0.05, 0.1) is 6.54 Å². The monoisotopic (exact) mass is 239 g/mol. The van der Waals surface area contributed by atoms with Gasteiger partial charge in [-0.1, -0.05) is 6.92 Å². The van der Waals surface area contributed by atoms with Gasteiger partial charge in [-0.2, -0.15) is 0 Å². The van der Waals surface area contributed by atoms with Crippen molar-refractivity contribution in [3.8, 4) is 0 Å². The Morgan fingerprint density at radius 2 is 2.12 bits per heavy atom. The minimum Gasteiger partial charge on any atom is -0.478 e. The van der Waals surface area contributed by atoms with E-state index >= 15 is 0 Å². The maximum Gasteiger partial charge on any atom is 0.339 e. The zero-order valence-corrected chi connectivity index (χ0v) is 10.3. The number of carbonyl (C=O) groups excluding carboxylic acids is 1. The van der Waals surface area contributed by atoms with E-state index in [-0.39, 0.29) is 11.5 Å². The zero-order chi connectivity index (χ0) is 13.0. The van der Waals surface area contributed by atoms with Crippen LogP contribution >= 0.6 is 0 Å². The summed E-state index contributed by atoms with van der Waals surface area (Å²) in [4.78, 5) is 23.9. The molecule has 94 valence electrons. The number of hydrogen-bond acceptors (Lipinski definition) is 3. The van der Waals surface area contributed by atoms with Gasteiger partial charge in [0.1, 0.15) is 17.1 Å². The lowest BCUT2D eigenvalue weighted by molar-refractivity contribution is -0.130. The lowest BCUT2D eigenvalue weighted by atomic mass is 10.2. The molecule has 1 N–H and O–H groups in total. The van der Waals surface area contributed by atoms with Gasteiger partial charge in [-0.3, -0.25) is 4.79 Å². The van der Waals surface area contributed by atoms with Crippen LogP contribution in [0.2, 0.25) is 0 Å². The fraction of sp³-hybridized carbons (Fsp3) is 0.500. The first-order valence-electron chi connectivity index (χ1n) is 5.52. The Labute approximate surface area is 100 Å². The lowest BCUT2D eigenvalue weighted by Crippen LogP contribution is -2.25. The average molecular weight is 239 g/mol. The summed E-state index contributed by atoms with van der Waals surface area (Å²) in [5.74, 6) is -0.130. The summed E-state index contributed by atoms with van der Waals surface area (Å²) in [7, 11) is 1.68. The van der Waals surface area contributed by atoms with Gasteiger partial charge in [0.2, 0.25) is 5.91 Å². The Morgan fingerprint density at radius 1 is 1.47 bits per heavy atom. The molecule has 0 aliphatic heterocycles. The third-order valence-electron chi connectivity index (χ3n) is 2.48. The summed E-state index contributed by atoms with van der Waals surface area (Å²) >= 11 is 0. The van der Waals surface area contributed by atoms with Crippen LogP contribution in [0.25, 0.3) is 0 Å². The first-order valence-corrected chi connectivity index (χ1v) is 5.52. The van der Waals surface area contributed by atoms with E-state index in [0.29, 0.717) is 24.5 Å². The summed E-state index contributed by atoms with van der Waals surface area (Å²) in [5, 5.41) is 8.87. The van der Waals surface area contributed by atoms with E-state index < -0.39 is 5.97 Å². The van der Waals surface area contributed by atoms with Crippen molar-refractivity contribution in [2.75, 3.05) is 7.05 Å². The molecule has 1 aromatic heterocycles. The number of carbonyl (C=O) groups is 2. The van der Waals surface area contributed by atoms with Crippen molar-refractivity contribution in [3.05, 3.63) is 23.2 Å². The molecule has 0 bridgehead atoms. The van der Waals surface area contributed by atoms with Crippen LogP contribution in [0.5, 0.6) is 0 Å². The Balaban J connectivity index is 2.72. The second-order valence-corrected chi connectivity index (χ2v) is 3.99. The van der Waals surface area contributed by atoms with E-state index in [1.807, 2.05) is 6.92 Å². The van der Waals surface area contributed by atoms with Crippen molar-refractivity contribution in [2.24, 2.45) is 0 Å². The van der Waals surface area contributed by atoms with Crippen LogP contribution in [0.4, 0.5) is 0 Å². The van der Waals surface area contributed by atoms with Crippen molar-refractivity contribution in [2.45, 2.75) is 33.2 Å². The number of carboxylic acids is 1. The van der Waals surface area contributed by atoms with E-state index in [2.05, 4.69) is 0 Å². The summed E-state index contributed by atoms with van der Waals surface area (Å²) in [6.45, 7) is 3.83. The summed E-state index contributed by atoms with van der Waals surface area (Å²) in [6.07, 6.45) is 1.28. The highest BCUT2D eigenvalue weighted by Crippen LogP contribution is 2.16. The first kappa shape index (κ1) is 13.3. The van der Waals surface area contributed by atoms with Crippen LogP contribution in [-0.2, 0) is 11.3 Å². The van der Waals surface area contributed by atoms with E-state index in [4.69, 9.17) is 9.52 Å². The third kappa shape index (κ3) is 3.34. The molecule has 0 unspecified atom stereocenters. The van der Waals surface area contributed by atoms with Gasteiger partial charge >= 0.3 is 5.97 Å². The predicted molar refractivity (Wildman–Crippen MR) is 61.8 cm³/mol. The average Bonchev–Trinajstić information content (AvgIpc) is 2.59. The van der Waals surface area contributed by atoms with Gasteiger partial charge in [-0.15, -0.1) is 0 Å². The number of rotatable bonds is 5. The molecule has 0 aliphatic rings. The van der Waals surface area contributed by atoms with Gasteiger partial charge in [0, 0.05) is 13.5 Å². The van der Waals surface area contributed by atoms with Crippen LogP contribution in [-0.4, -0.2) is 28.9 Å². The predicted octanol–water partition coefficient (Wildman–Crippen LogP) is 2.04. The van der Waals surface area contributed by atoms with Gasteiger partial charge in [-0.05, 0) is 19.4 Å². The molecule has 1 rings (SSSR count). The van der Waals surface area contributed by atoms with Crippen LogP contribution in [0.1, 0.15) is 41.6 Å². The van der Waals surface area contributed by atoms with Crippen molar-refractivity contribution >= 4 is 11.9 Å². The molecule has 0 saturated carbocycles. The Bertz CT molecular complexity index is 422. The smallest absolute Gasteiger partial charge is 0.339 e. The number of hydrogen-bond donors (Lipinski definition) is 1. The highest BCUT2D eigenvalue weighted by Gasteiger charge is 2.16. The molecule has 0 aliphatic carbocycles. The standard InChI is InChI=1S/C12H17NO4/c1-4-5-11(14)13(3)7-9-6-10(12(15)16)8(2)17-9/h6H,4-5,7H2,1-3H3,(H,15,16). The third-order valence-corrected chi connectivity index (χ3v) is 2.48. The molecular formula is C12H17NO4. The Kier molecular flexibility index (Phi) is 4.31. The van der Waals surface area contributed by atoms with Gasteiger partial charge < -0.3 is 14.4 Å². The maximum absolute atomic E-state index is 11.5. The molecule has 1 amide bonds. The Hall–Kier alpha value is -1.78. The molecule has 5 heteroatoms. The molecule has 0 aromatic carbocycles. The van der Waals surface area contributed by atoms with Crippen LogP contribution < -0.4 is 0 Å². The van der Waals surface area contributed by atoms with E-state index in [1.165, 1.54) is 11.0 Å². The van der Waals surface area contributed by atoms with Crippen LogP contribution in [0.3, 0.4) is 0 Å². The zero-order valence-electron chi connectivity index (χ0n) is 10.3. The highest BCUT2D eigenvalue weighted by atomic mass is 16.4. The number of aromatic carboxylic acids is 1. The SMILES string of the molecule is CCCC(=O)N(C)Cc1cc(C(=O)O)c(C)o1. The quantitative estimate of drug-likeness (QED) is 0.853. The normalized spacial score (nSPS) is 10.3. The molecule has 1 aromatic rings. The van der Waals surface area contributed by atoms with Gasteiger partial charge in [0.15, 0.2) is 0 Å². The fourth-order valence-corrected chi connectivity index (χ4v) is 1.56. The molecule has 0 atom stereocenters. The van der Waals surface area contributed by atoms with Crippen molar-refractivity contribution in [1.82, 2.24) is 4.90 Å². The van der Waals surface area contributed by atoms with E-state index in [1.54, 1.807) is 14.0 Å². The van der Waals surface area contributed by atoms with E-state index in [9.17, 15) is 9.59 Å². The molecule has 0 fully saturated rings.